The lowest BCUT2D eigenvalue weighted by Crippen LogP contribution is -2.70. The van der Waals surface area contributed by atoms with Crippen LogP contribution in [0.2, 0.25) is 0 Å². The minimum atomic E-state index is 0.228. The number of nitrogens with one attached hydrogen (secondary N) is 1. The summed E-state index contributed by atoms with van der Waals surface area (Å²) in [6.07, 6.45) is 3.66. The van der Waals surface area contributed by atoms with E-state index in [-0.39, 0.29) is 11.1 Å². The third kappa shape index (κ3) is 3.14. The van der Waals surface area contributed by atoms with Gasteiger partial charge in [0.15, 0.2) is 0 Å². The molecule has 2 heterocycles. The highest BCUT2D eigenvalue weighted by Crippen LogP contribution is 2.34. The van der Waals surface area contributed by atoms with Crippen LogP contribution in [-0.4, -0.2) is 48.3 Å². The van der Waals surface area contributed by atoms with Gasteiger partial charge in [0.1, 0.15) is 0 Å². The van der Waals surface area contributed by atoms with Crippen LogP contribution in [0.1, 0.15) is 53.9 Å². The standard InChI is InChI=1S/C16H32N2O/c1-6-15(4)11-18(14(10-17-15)13(2)3)16(5)8-7-9-19-12-16/h13-14,17H,6-12H2,1-5H3. The number of nitrogens with zero attached hydrogens (tertiary/aromatic N) is 1. The Morgan fingerprint density at radius 3 is 2.63 bits per heavy atom. The summed E-state index contributed by atoms with van der Waals surface area (Å²) in [6, 6.07) is 0.631. The lowest BCUT2D eigenvalue weighted by Gasteiger charge is -2.55. The normalized spacial score (nSPS) is 41.7. The predicted octanol–water partition coefficient (Wildman–Crippen LogP) is 2.65. The number of rotatable bonds is 3. The second-order valence-corrected chi connectivity index (χ2v) is 7.39. The van der Waals surface area contributed by atoms with Gasteiger partial charge in [-0.25, -0.2) is 0 Å². The fraction of sp³-hybridized carbons (Fsp3) is 1.00. The number of ether oxygens (including phenoxy) is 1. The average Bonchev–Trinajstić information content (AvgIpc) is 2.39. The highest BCUT2D eigenvalue weighted by Gasteiger charge is 2.45. The summed E-state index contributed by atoms with van der Waals surface area (Å²) in [5.41, 5.74) is 0.484. The Labute approximate surface area is 119 Å². The van der Waals surface area contributed by atoms with Crippen LogP contribution in [0.25, 0.3) is 0 Å². The van der Waals surface area contributed by atoms with E-state index in [1.54, 1.807) is 0 Å². The summed E-state index contributed by atoms with van der Waals surface area (Å²) in [5.74, 6) is 0.688. The van der Waals surface area contributed by atoms with E-state index in [1.807, 2.05) is 0 Å². The van der Waals surface area contributed by atoms with E-state index in [9.17, 15) is 0 Å². The molecule has 3 unspecified atom stereocenters. The first-order valence-corrected chi connectivity index (χ1v) is 8.00. The molecule has 2 aliphatic heterocycles. The Morgan fingerprint density at radius 2 is 2.11 bits per heavy atom. The minimum Gasteiger partial charge on any atom is -0.380 e. The van der Waals surface area contributed by atoms with Gasteiger partial charge in [-0.3, -0.25) is 4.90 Å². The van der Waals surface area contributed by atoms with E-state index in [0.717, 1.165) is 26.3 Å². The monoisotopic (exact) mass is 268 g/mol. The highest BCUT2D eigenvalue weighted by atomic mass is 16.5. The number of hydrogen-bond donors (Lipinski definition) is 1. The molecule has 0 aromatic carbocycles. The maximum absolute atomic E-state index is 5.81. The molecule has 2 aliphatic rings. The quantitative estimate of drug-likeness (QED) is 0.851. The molecular formula is C16H32N2O. The van der Waals surface area contributed by atoms with Crippen molar-refractivity contribution >= 4 is 0 Å². The van der Waals surface area contributed by atoms with E-state index in [2.05, 4.69) is 44.8 Å². The molecule has 2 fully saturated rings. The Balaban J connectivity index is 2.19. The average molecular weight is 268 g/mol. The molecule has 0 aromatic rings. The first-order valence-electron chi connectivity index (χ1n) is 8.00. The van der Waals surface area contributed by atoms with Crippen LogP contribution in [-0.2, 0) is 4.74 Å². The van der Waals surface area contributed by atoms with Crippen LogP contribution in [0.15, 0.2) is 0 Å². The number of piperazine rings is 1. The Hall–Kier alpha value is -0.120. The van der Waals surface area contributed by atoms with Crippen molar-refractivity contribution in [3.05, 3.63) is 0 Å². The maximum Gasteiger partial charge on any atom is 0.0647 e. The largest absolute Gasteiger partial charge is 0.380 e. The molecule has 2 saturated heterocycles. The van der Waals surface area contributed by atoms with Crippen molar-refractivity contribution in [1.82, 2.24) is 10.2 Å². The molecule has 0 bridgehead atoms. The number of hydrogen-bond acceptors (Lipinski definition) is 3. The fourth-order valence-corrected chi connectivity index (χ4v) is 3.58. The molecule has 0 aromatic heterocycles. The van der Waals surface area contributed by atoms with Crippen molar-refractivity contribution in [2.24, 2.45) is 5.92 Å². The smallest absolute Gasteiger partial charge is 0.0647 e. The van der Waals surface area contributed by atoms with E-state index in [0.29, 0.717) is 12.0 Å². The van der Waals surface area contributed by atoms with Gasteiger partial charge in [0, 0.05) is 36.8 Å². The Morgan fingerprint density at radius 1 is 1.37 bits per heavy atom. The lowest BCUT2D eigenvalue weighted by molar-refractivity contribution is -0.0906. The molecule has 3 atom stereocenters. The van der Waals surface area contributed by atoms with Gasteiger partial charge >= 0.3 is 0 Å². The summed E-state index contributed by atoms with van der Waals surface area (Å²) < 4.78 is 5.81. The minimum absolute atomic E-state index is 0.228. The zero-order chi connectivity index (χ0) is 14.1. The van der Waals surface area contributed by atoms with Gasteiger partial charge in [-0.1, -0.05) is 20.8 Å². The maximum atomic E-state index is 5.81. The molecule has 3 heteroatoms. The third-order valence-electron chi connectivity index (χ3n) is 5.32. The summed E-state index contributed by atoms with van der Waals surface area (Å²) in [6.45, 7) is 15.9. The Kier molecular flexibility index (Phi) is 4.59. The molecular weight excluding hydrogens is 236 g/mol. The first-order chi connectivity index (χ1) is 8.90. The second-order valence-electron chi connectivity index (χ2n) is 7.39. The van der Waals surface area contributed by atoms with Gasteiger partial charge in [-0.2, -0.15) is 0 Å². The predicted molar refractivity (Wildman–Crippen MR) is 80.5 cm³/mol. The van der Waals surface area contributed by atoms with Gasteiger partial charge in [-0.15, -0.1) is 0 Å². The van der Waals surface area contributed by atoms with Crippen LogP contribution >= 0.6 is 0 Å². The molecule has 0 amide bonds. The van der Waals surface area contributed by atoms with Gasteiger partial charge in [-0.05, 0) is 39.0 Å². The van der Waals surface area contributed by atoms with Crippen LogP contribution in [0.5, 0.6) is 0 Å². The van der Waals surface area contributed by atoms with Crippen LogP contribution in [0, 0.1) is 5.92 Å². The highest BCUT2D eigenvalue weighted by molar-refractivity contribution is 5.02. The third-order valence-corrected chi connectivity index (χ3v) is 5.32. The summed E-state index contributed by atoms with van der Waals surface area (Å²) in [4.78, 5) is 2.76. The van der Waals surface area contributed by atoms with Crippen molar-refractivity contribution in [2.75, 3.05) is 26.3 Å². The Bertz CT molecular complexity index is 299. The van der Waals surface area contributed by atoms with Crippen LogP contribution in [0.4, 0.5) is 0 Å². The molecule has 1 N–H and O–H groups in total. The molecule has 112 valence electrons. The summed E-state index contributed by atoms with van der Waals surface area (Å²) >= 11 is 0. The van der Waals surface area contributed by atoms with Crippen molar-refractivity contribution < 1.29 is 4.74 Å². The van der Waals surface area contributed by atoms with Gasteiger partial charge in [0.25, 0.3) is 0 Å². The first kappa shape index (κ1) is 15.3. The summed E-state index contributed by atoms with van der Waals surface area (Å²) in [5, 5.41) is 3.78. The van der Waals surface area contributed by atoms with Crippen LogP contribution < -0.4 is 5.32 Å². The molecule has 0 spiro atoms. The van der Waals surface area contributed by atoms with Gasteiger partial charge in [0.05, 0.1) is 6.61 Å². The topological polar surface area (TPSA) is 24.5 Å². The molecule has 19 heavy (non-hydrogen) atoms. The van der Waals surface area contributed by atoms with Gasteiger partial charge in [0.2, 0.25) is 0 Å². The zero-order valence-corrected chi connectivity index (χ0v) is 13.5. The van der Waals surface area contributed by atoms with Gasteiger partial charge < -0.3 is 10.1 Å². The molecule has 3 nitrogen and oxygen atoms in total. The molecule has 0 saturated carbocycles. The van der Waals surface area contributed by atoms with Crippen LogP contribution in [0.3, 0.4) is 0 Å². The second kappa shape index (κ2) is 5.71. The lowest BCUT2D eigenvalue weighted by atomic mass is 9.82. The summed E-state index contributed by atoms with van der Waals surface area (Å²) in [7, 11) is 0. The van der Waals surface area contributed by atoms with E-state index in [1.165, 1.54) is 19.3 Å². The molecule has 2 rings (SSSR count). The van der Waals surface area contributed by atoms with E-state index in [4.69, 9.17) is 4.74 Å². The zero-order valence-electron chi connectivity index (χ0n) is 13.5. The fourth-order valence-electron chi connectivity index (χ4n) is 3.58. The molecule has 0 radical (unpaired) electrons. The van der Waals surface area contributed by atoms with Crippen molar-refractivity contribution in [2.45, 2.75) is 71.0 Å². The van der Waals surface area contributed by atoms with Crippen molar-refractivity contribution in [1.29, 1.82) is 0 Å². The SMILES string of the molecule is CCC1(C)CN(C2(C)CCCOC2)C(C(C)C)CN1. The van der Waals surface area contributed by atoms with E-state index < -0.39 is 0 Å². The van der Waals surface area contributed by atoms with Crippen molar-refractivity contribution in [3.8, 4) is 0 Å². The van der Waals surface area contributed by atoms with E-state index >= 15 is 0 Å². The molecule has 0 aliphatic carbocycles. The van der Waals surface area contributed by atoms with Crippen molar-refractivity contribution in [3.63, 3.8) is 0 Å².